The van der Waals surface area contributed by atoms with Crippen LogP contribution < -0.4 is 5.73 Å². The lowest BCUT2D eigenvalue weighted by molar-refractivity contribution is 1.07. The van der Waals surface area contributed by atoms with Crippen LogP contribution in [0.25, 0.3) is 61.8 Å². The zero-order valence-electron chi connectivity index (χ0n) is 29.3. The van der Waals surface area contributed by atoms with Gasteiger partial charge in [0.15, 0.2) is 0 Å². The Morgan fingerprint density at radius 2 is 1.46 bits per heavy atom. The molecule has 246 valence electrons. The molecule has 0 aliphatic rings. The predicted octanol–water partition coefficient (Wildman–Crippen LogP) is 12.6. The second-order valence-corrected chi connectivity index (χ2v) is 12.4. The van der Waals surface area contributed by atoms with Gasteiger partial charge in [-0.1, -0.05) is 141 Å². The Kier molecular flexibility index (Phi) is 10.1. The number of hydrogen-bond acceptors (Lipinski definition) is 1. The van der Waals surface area contributed by atoms with E-state index in [2.05, 4.69) is 153 Å². The molecule has 6 rings (SSSR count). The highest BCUT2D eigenvalue weighted by Crippen LogP contribution is 2.41. The molecule has 1 aromatic heterocycles. The van der Waals surface area contributed by atoms with Crippen LogP contribution in [0.1, 0.15) is 46.0 Å². The number of hydrogen-bond donors (Lipinski definition) is 1. The molecule has 5 aromatic carbocycles. The lowest BCUT2D eigenvalue weighted by Gasteiger charge is -2.19. The van der Waals surface area contributed by atoms with Gasteiger partial charge in [-0.15, -0.1) is 0 Å². The van der Waals surface area contributed by atoms with Gasteiger partial charge in [0.1, 0.15) is 0 Å². The van der Waals surface area contributed by atoms with E-state index in [9.17, 15) is 0 Å². The molecule has 0 atom stereocenters. The van der Waals surface area contributed by atoms with Gasteiger partial charge in [0, 0.05) is 10.9 Å². The highest BCUT2D eigenvalue weighted by molar-refractivity contribution is 6.02. The Morgan fingerprint density at radius 1 is 0.740 bits per heavy atom. The first-order valence-electron chi connectivity index (χ1n) is 17.1. The molecule has 0 radical (unpaired) electrons. The van der Waals surface area contributed by atoms with Crippen molar-refractivity contribution in [2.45, 2.75) is 27.2 Å². The number of allylic oxidation sites excluding steroid dienone is 8. The van der Waals surface area contributed by atoms with Crippen LogP contribution in [0, 0.1) is 13.8 Å². The molecule has 50 heavy (non-hydrogen) atoms. The van der Waals surface area contributed by atoms with E-state index in [1.54, 1.807) is 6.20 Å². The first-order chi connectivity index (χ1) is 24.4. The maximum Gasteiger partial charge on any atom is 0.0572 e. The van der Waals surface area contributed by atoms with Crippen LogP contribution in [0.5, 0.6) is 0 Å². The van der Waals surface area contributed by atoms with Crippen molar-refractivity contribution in [3.8, 4) is 16.9 Å². The van der Waals surface area contributed by atoms with Gasteiger partial charge in [-0.2, -0.15) is 0 Å². The third-order valence-corrected chi connectivity index (χ3v) is 9.70. The Labute approximate surface area is 296 Å². The third-order valence-electron chi connectivity index (χ3n) is 9.70. The van der Waals surface area contributed by atoms with Gasteiger partial charge in [0.2, 0.25) is 0 Å². The number of aromatic nitrogens is 1. The number of fused-ring (bicyclic) bond motifs is 2. The molecule has 0 aliphatic heterocycles. The molecule has 0 unspecified atom stereocenters. The number of nitrogens with zero attached hydrogens (tertiary/aromatic N) is 1. The molecule has 0 aliphatic carbocycles. The smallest absolute Gasteiger partial charge is 0.0572 e. The SMILES string of the molecule is C=C/C(=C\C)c1ccc(-c2c(C)c(C)c(/C=C(\C=C)c3ccc(C/C=C\C=C/N)c4ccccc34)n2-c2cccc3ccccc23)c(C=C)c1. The summed E-state index contributed by atoms with van der Waals surface area (Å²) < 4.78 is 2.44. The lowest BCUT2D eigenvalue weighted by atomic mass is 9.93. The van der Waals surface area contributed by atoms with Gasteiger partial charge in [0.05, 0.1) is 17.1 Å². The topological polar surface area (TPSA) is 30.9 Å². The van der Waals surface area contributed by atoms with Gasteiger partial charge in [-0.05, 0) is 118 Å². The predicted molar refractivity (Wildman–Crippen MR) is 220 cm³/mol. The van der Waals surface area contributed by atoms with Crippen molar-refractivity contribution in [3.63, 3.8) is 0 Å². The highest BCUT2D eigenvalue weighted by atomic mass is 15.0. The molecule has 0 saturated heterocycles. The summed E-state index contributed by atoms with van der Waals surface area (Å²) >= 11 is 0. The standard InChI is InChI=1S/C48H44N2/c1-7-35(8-2)40-27-29-44(36(9-3)31-40)48-34(6)33(5)47(50(48)46-25-18-21-38-20-13-14-23-43(38)46)32-37(10-4)42-28-26-39(19-12-11-17-30-49)41-22-15-16-24-45(41)42/h7-18,20-32H,1,3-4,19,49H2,2,5-6H3/b12-11-,30-17-,35-8+,37-32+. The van der Waals surface area contributed by atoms with Crippen LogP contribution in [0.2, 0.25) is 0 Å². The minimum atomic E-state index is 0.816. The Morgan fingerprint density at radius 3 is 2.18 bits per heavy atom. The summed E-state index contributed by atoms with van der Waals surface area (Å²) in [6.45, 7) is 19.1. The summed E-state index contributed by atoms with van der Waals surface area (Å²) in [6, 6.07) is 34.9. The highest BCUT2D eigenvalue weighted by Gasteiger charge is 2.23. The fourth-order valence-electron chi connectivity index (χ4n) is 7.03. The number of benzene rings is 5. The largest absolute Gasteiger partial charge is 0.405 e. The van der Waals surface area contributed by atoms with Gasteiger partial charge in [-0.25, -0.2) is 0 Å². The third kappa shape index (κ3) is 6.24. The van der Waals surface area contributed by atoms with Crippen LogP contribution in [0.4, 0.5) is 0 Å². The van der Waals surface area contributed by atoms with Gasteiger partial charge < -0.3 is 10.3 Å². The first kappa shape index (κ1) is 33.8. The van der Waals surface area contributed by atoms with E-state index in [0.717, 1.165) is 56.9 Å². The van der Waals surface area contributed by atoms with Crippen molar-refractivity contribution in [1.29, 1.82) is 0 Å². The zero-order chi connectivity index (χ0) is 35.2. The molecular formula is C48H44N2. The lowest BCUT2D eigenvalue weighted by Crippen LogP contribution is -2.03. The minimum Gasteiger partial charge on any atom is -0.405 e. The summed E-state index contributed by atoms with van der Waals surface area (Å²) in [6.07, 6.45) is 18.6. The summed E-state index contributed by atoms with van der Waals surface area (Å²) in [5.74, 6) is 0. The summed E-state index contributed by atoms with van der Waals surface area (Å²) in [4.78, 5) is 0. The van der Waals surface area contributed by atoms with E-state index in [1.807, 2.05) is 37.3 Å². The monoisotopic (exact) mass is 648 g/mol. The van der Waals surface area contributed by atoms with E-state index in [4.69, 9.17) is 5.73 Å². The average molecular weight is 649 g/mol. The van der Waals surface area contributed by atoms with Crippen molar-refractivity contribution < 1.29 is 0 Å². The molecular weight excluding hydrogens is 605 g/mol. The van der Waals surface area contributed by atoms with Gasteiger partial charge in [-0.3, -0.25) is 0 Å². The van der Waals surface area contributed by atoms with E-state index >= 15 is 0 Å². The molecule has 0 spiro atoms. The Hall–Kier alpha value is -6.12. The second-order valence-electron chi connectivity index (χ2n) is 12.4. The van der Waals surface area contributed by atoms with Crippen LogP contribution in [0.15, 0.2) is 159 Å². The van der Waals surface area contributed by atoms with Crippen molar-refractivity contribution in [2.24, 2.45) is 5.73 Å². The normalized spacial score (nSPS) is 12.4. The van der Waals surface area contributed by atoms with E-state index in [-0.39, 0.29) is 0 Å². The molecule has 2 heteroatoms. The second kappa shape index (κ2) is 15.0. The molecule has 0 bridgehead atoms. The fourth-order valence-corrected chi connectivity index (χ4v) is 7.03. The summed E-state index contributed by atoms with van der Waals surface area (Å²) in [5.41, 5.74) is 19.3. The zero-order valence-corrected chi connectivity index (χ0v) is 29.3. The van der Waals surface area contributed by atoms with Crippen LogP contribution in [0.3, 0.4) is 0 Å². The molecule has 1 heterocycles. The molecule has 0 amide bonds. The van der Waals surface area contributed by atoms with E-state index in [1.165, 1.54) is 38.2 Å². The van der Waals surface area contributed by atoms with Gasteiger partial charge in [0.25, 0.3) is 0 Å². The maximum atomic E-state index is 5.54. The van der Waals surface area contributed by atoms with E-state index in [0.29, 0.717) is 0 Å². The van der Waals surface area contributed by atoms with Gasteiger partial charge >= 0.3 is 0 Å². The van der Waals surface area contributed by atoms with Crippen molar-refractivity contribution in [1.82, 2.24) is 4.57 Å². The molecule has 0 saturated carbocycles. The van der Waals surface area contributed by atoms with Crippen molar-refractivity contribution in [3.05, 3.63) is 199 Å². The number of nitrogens with two attached hydrogens (primary N) is 1. The van der Waals surface area contributed by atoms with Crippen LogP contribution >= 0.6 is 0 Å². The average Bonchev–Trinajstić information content (AvgIpc) is 3.40. The van der Waals surface area contributed by atoms with Crippen molar-refractivity contribution in [2.75, 3.05) is 0 Å². The molecule has 0 fully saturated rings. The van der Waals surface area contributed by atoms with Crippen molar-refractivity contribution >= 4 is 44.8 Å². The first-order valence-corrected chi connectivity index (χ1v) is 17.1. The quantitative estimate of drug-likeness (QED) is 0.139. The molecule has 6 aromatic rings. The van der Waals surface area contributed by atoms with Crippen LogP contribution in [-0.4, -0.2) is 4.57 Å². The number of rotatable bonds is 11. The Balaban J connectivity index is 1.64. The molecule has 2 nitrogen and oxygen atoms in total. The fraction of sp³-hybridized carbons (Fsp3) is 0.0833. The van der Waals surface area contributed by atoms with Crippen LogP contribution in [-0.2, 0) is 6.42 Å². The minimum absolute atomic E-state index is 0.816. The summed E-state index contributed by atoms with van der Waals surface area (Å²) in [7, 11) is 0. The Bertz CT molecular complexity index is 2380. The molecule has 2 N–H and O–H groups in total. The summed E-state index contributed by atoms with van der Waals surface area (Å²) in [5, 5.41) is 4.81. The maximum absolute atomic E-state index is 5.54. The van der Waals surface area contributed by atoms with E-state index < -0.39 is 0 Å².